The van der Waals surface area contributed by atoms with Crippen LogP contribution in [0, 0.1) is 5.92 Å². The van der Waals surface area contributed by atoms with Crippen molar-refractivity contribution in [3.8, 4) is 0 Å². The van der Waals surface area contributed by atoms with Gasteiger partial charge in [0.15, 0.2) is 0 Å². The normalized spacial score (nSPS) is 27.6. The maximum absolute atomic E-state index is 12.4. The number of aromatic nitrogens is 1. The number of hydrogen-bond acceptors (Lipinski definition) is 7. The van der Waals surface area contributed by atoms with Crippen LogP contribution in [0.5, 0.6) is 0 Å². The minimum atomic E-state index is -0.361. The highest BCUT2D eigenvalue weighted by Gasteiger charge is 2.32. The summed E-state index contributed by atoms with van der Waals surface area (Å²) in [5.41, 5.74) is 0.870. The number of piperidine rings is 1. The van der Waals surface area contributed by atoms with Gasteiger partial charge < -0.3 is 15.5 Å². The van der Waals surface area contributed by atoms with Crippen LogP contribution in [0.1, 0.15) is 17.9 Å². The van der Waals surface area contributed by atoms with Gasteiger partial charge in [-0.25, -0.2) is 4.98 Å². The zero-order valence-electron chi connectivity index (χ0n) is 14.7. The molecule has 2 unspecified atom stereocenters. The molecule has 2 atom stereocenters. The van der Waals surface area contributed by atoms with Gasteiger partial charge in [0.25, 0.3) is 11.1 Å². The Labute approximate surface area is 161 Å². The van der Waals surface area contributed by atoms with E-state index in [-0.39, 0.29) is 28.9 Å². The molecule has 0 spiro atoms. The first-order valence-electron chi connectivity index (χ1n) is 9.04. The number of hydrogen-bond donors (Lipinski definition) is 3. The van der Waals surface area contributed by atoms with E-state index in [4.69, 9.17) is 0 Å². The summed E-state index contributed by atoms with van der Waals surface area (Å²) in [6, 6.07) is 3.93. The van der Waals surface area contributed by atoms with Gasteiger partial charge >= 0.3 is 0 Å². The van der Waals surface area contributed by atoms with Crippen LogP contribution in [0.3, 0.4) is 0 Å². The monoisotopic (exact) mass is 387 g/mol. The summed E-state index contributed by atoms with van der Waals surface area (Å²) in [6.07, 6.45) is 4.16. The lowest BCUT2D eigenvalue weighted by molar-refractivity contribution is -0.124. The summed E-state index contributed by atoms with van der Waals surface area (Å²) >= 11 is 0.909. The van der Waals surface area contributed by atoms with Crippen molar-refractivity contribution in [1.29, 1.82) is 0 Å². The standard InChI is InChI=1S/C18H21N5O3S/c24-16-13(7-11(9-21-16)8-14-17(25)22-18(26)27-14)12-1-2-15(20-10-12)23-5-3-19-4-6-23/h1-2,8,10-11,13,19H,3-7,9H2,(H,21,24)(H,22,25,26)/b14-8+. The number of rotatable bonds is 3. The Hall–Kier alpha value is -2.39. The Kier molecular flexibility index (Phi) is 5.13. The zero-order chi connectivity index (χ0) is 18.8. The van der Waals surface area contributed by atoms with Crippen LogP contribution >= 0.6 is 11.8 Å². The molecule has 0 saturated carbocycles. The molecule has 3 fully saturated rings. The molecule has 27 heavy (non-hydrogen) atoms. The average molecular weight is 387 g/mol. The molecule has 4 heterocycles. The number of imide groups is 1. The van der Waals surface area contributed by atoms with Gasteiger partial charge in [-0.15, -0.1) is 0 Å². The molecule has 3 amide bonds. The van der Waals surface area contributed by atoms with Crippen molar-refractivity contribution in [2.45, 2.75) is 12.3 Å². The molecule has 142 valence electrons. The smallest absolute Gasteiger partial charge is 0.290 e. The molecule has 3 aliphatic rings. The average Bonchev–Trinajstić information content (AvgIpc) is 3.01. The van der Waals surface area contributed by atoms with Crippen LogP contribution in [0.25, 0.3) is 0 Å². The van der Waals surface area contributed by atoms with E-state index in [2.05, 4.69) is 25.8 Å². The maximum Gasteiger partial charge on any atom is 0.290 e. The molecule has 3 aliphatic heterocycles. The van der Waals surface area contributed by atoms with Crippen molar-refractivity contribution in [3.05, 3.63) is 34.9 Å². The number of carbonyl (C=O) groups is 3. The molecule has 0 aromatic carbocycles. The maximum atomic E-state index is 12.4. The fourth-order valence-electron chi connectivity index (χ4n) is 3.60. The Balaban J connectivity index is 1.47. The van der Waals surface area contributed by atoms with Crippen LogP contribution < -0.4 is 20.9 Å². The van der Waals surface area contributed by atoms with Crippen molar-refractivity contribution in [3.63, 3.8) is 0 Å². The number of piperazine rings is 1. The minimum Gasteiger partial charge on any atom is -0.355 e. The third-order valence-electron chi connectivity index (χ3n) is 5.04. The van der Waals surface area contributed by atoms with Gasteiger partial charge in [-0.1, -0.05) is 12.1 Å². The lowest BCUT2D eigenvalue weighted by Gasteiger charge is -2.30. The van der Waals surface area contributed by atoms with E-state index in [0.29, 0.717) is 17.9 Å². The van der Waals surface area contributed by atoms with E-state index in [1.807, 2.05) is 12.1 Å². The van der Waals surface area contributed by atoms with E-state index in [9.17, 15) is 14.4 Å². The SMILES string of the molecule is O=C1NC(=O)/C(=C\C2CNC(=O)C(c3ccc(N4CCNCC4)nc3)C2)S1. The number of thioether (sulfide) groups is 1. The predicted octanol–water partition coefficient (Wildman–Crippen LogP) is 0.578. The minimum absolute atomic E-state index is 0.000282. The van der Waals surface area contributed by atoms with Crippen LogP contribution in [0.2, 0.25) is 0 Å². The Bertz CT molecular complexity index is 789. The van der Waals surface area contributed by atoms with Crippen molar-refractivity contribution in [2.24, 2.45) is 5.92 Å². The van der Waals surface area contributed by atoms with Gasteiger partial charge in [-0.3, -0.25) is 19.7 Å². The van der Waals surface area contributed by atoms with Crippen molar-refractivity contribution in [1.82, 2.24) is 20.9 Å². The van der Waals surface area contributed by atoms with Crippen LogP contribution in [0.4, 0.5) is 10.6 Å². The summed E-state index contributed by atoms with van der Waals surface area (Å²) in [4.78, 5) is 42.6. The van der Waals surface area contributed by atoms with E-state index in [1.54, 1.807) is 12.3 Å². The second kappa shape index (κ2) is 7.69. The van der Waals surface area contributed by atoms with Crippen molar-refractivity contribution >= 4 is 34.6 Å². The Morgan fingerprint density at radius 3 is 2.67 bits per heavy atom. The van der Waals surface area contributed by atoms with E-state index in [1.165, 1.54) is 0 Å². The molecule has 9 heteroatoms. The highest BCUT2D eigenvalue weighted by atomic mass is 32.2. The molecule has 0 aliphatic carbocycles. The molecule has 8 nitrogen and oxygen atoms in total. The Morgan fingerprint density at radius 2 is 2.00 bits per heavy atom. The lowest BCUT2D eigenvalue weighted by atomic mass is 9.85. The third kappa shape index (κ3) is 3.98. The molecule has 0 radical (unpaired) electrons. The van der Waals surface area contributed by atoms with Gasteiger partial charge in [-0.05, 0) is 35.7 Å². The van der Waals surface area contributed by atoms with E-state index in [0.717, 1.165) is 49.3 Å². The molecule has 1 aromatic heterocycles. The van der Waals surface area contributed by atoms with Gasteiger partial charge in [0.1, 0.15) is 5.82 Å². The fourth-order valence-corrected chi connectivity index (χ4v) is 4.34. The zero-order valence-corrected chi connectivity index (χ0v) is 15.6. The number of carbonyl (C=O) groups excluding carboxylic acids is 3. The number of nitrogens with zero attached hydrogens (tertiary/aromatic N) is 2. The van der Waals surface area contributed by atoms with E-state index < -0.39 is 0 Å². The van der Waals surface area contributed by atoms with Gasteiger partial charge in [0.2, 0.25) is 5.91 Å². The molecule has 0 bridgehead atoms. The summed E-state index contributed by atoms with van der Waals surface area (Å²) in [7, 11) is 0. The summed E-state index contributed by atoms with van der Waals surface area (Å²) < 4.78 is 0. The highest BCUT2D eigenvalue weighted by Crippen LogP contribution is 2.32. The molecule has 3 saturated heterocycles. The largest absolute Gasteiger partial charge is 0.355 e. The van der Waals surface area contributed by atoms with Gasteiger partial charge in [-0.2, -0.15) is 0 Å². The summed E-state index contributed by atoms with van der Waals surface area (Å²) in [5.74, 6) is 0.226. The third-order valence-corrected chi connectivity index (χ3v) is 5.87. The Morgan fingerprint density at radius 1 is 1.19 bits per heavy atom. The molecular formula is C18H21N5O3S. The van der Waals surface area contributed by atoms with Crippen LogP contribution in [-0.4, -0.2) is 54.8 Å². The van der Waals surface area contributed by atoms with E-state index >= 15 is 0 Å². The number of amides is 3. The molecule has 4 rings (SSSR count). The predicted molar refractivity (Wildman–Crippen MR) is 102 cm³/mol. The lowest BCUT2D eigenvalue weighted by Crippen LogP contribution is -2.44. The van der Waals surface area contributed by atoms with Crippen LogP contribution in [-0.2, 0) is 9.59 Å². The summed E-state index contributed by atoms with van der Waals surface area (Å²) in [5, 5.41) is 8.12. The van der Waals surface area contributed by atoms with Crippen LogP contribution in [0.15, 0.2) is 29.3 Å². The first-order chi connectivity index (χ1) is 13.1. The molecular weight excluding hydrogens is 366 g/mol. The second-order valence-corrected chi connectivity index (χ2v) is 7.87. The molecule has 1 aromatic rings. The number of anilines is 1. The topological polar surface area (TPSA) is 103 Å². The van der Waals surface area contributed by atoms with Crippen molar-refractivity contribution in [2.75, 3.05) is 37.6 Å². The van der Waals surface area contributed by atoms with Gasteiger partial charge in [0, 0.05) is 38.9 Å². The molecule has 3 N–H and O–H groups in total. The quantitative estimate of drug-likeness (QED) is 0.652. The highest BCUT2D eigenvalue weighted by molar-refractivity contribution is 8.18. The first kappa shape index (κ1) is 18.0. The van der Waals surface area contributed by atoms with Gasteiger partial charge in [0.05, 0.1) is 10.8 Å². The first-order valence-corrected chi connectivity index (χ1v) is 9.86. The number of nitrogens with one attached hydrogen (secondary N) is 3. The summed E-state index contributed by atoms with van der Waals surface area (Å²) in [6.45, 7) is 4.19. The second-order valence-electron chi connectivity index (χ2n) is 6.85. The van der Waals surface area contributed by atoms with Crippen molar-refractivity contribution < 1.29 is 14.4 Å². The fraction of sp³-hybridized carbons (Fsp3) is 0.444. The number of pyridine rings is 1.